The van der Waals surface area contributed by atoms with E-state index in [2.05, 4.69) is 12.0 Å². The Kier molecular flexibility index (Phi) is 5.04. The number of halogens is 1. The van der Waals surface area contributed by atoms with Gasteiger partial charge in [-0.3, -0.25) is 11.3 Å². The van der Waals surface area contributed by atoms with Crippen LogP contribution in [-0.2, 0) is 0 Å². The molecule has 0 amide bonds. The van der Waals surface area contributed by atoms with Crippen LogP contribution in [0.4, 0.5) is 0 Å². The number of hydrogen-bond donors (Lipinski definition) is 2. The molecule has 1 aromatic rings. The summed E-state index contributed by atoms with van der Waals surface area (Å²) in [5.74, 6) is 6.16. The molecule has 4 heteroatoms. The maximum atomic E-state index is 5.85. The number of nitrogens with one attached hydrogen (secondary N) is 1. The van der Waals surface area contributed by atoms with E-state index < -0.39 is 0 Å². The van der Waals surface area contributed by atoms with Crippen molar-refractivity contribution in [2.45, 2.75) is 10.9 Å². The van der Waals surface area contributed by atoms with Crippen LogP contribution >= 0.6 is 23.4 Å². The molecule has 0 fully saturated rings. The van der Waals surface area contributed by atoms with Gasteiger partial charge in [-0.15, -0.1) is 18.3 Å². The van der Waals surface area contributed by atoms with Crippen molar-refractivity contribution in [1.29, 1.82) is 0 Å². The first-order valence-corrected chi connectivity index (χ1v) is 5.59. The second-order valence-electron chi connectivity index (χ2n) is 2.78. The van der Waals surface area contributed by atoms with Crippen LogP contribution in [0.5, 0.6) is 0 Å². The molecule has 76 valence electrons. The van der Waals surface area contributed by atoms with Gasteiger partial charge in [-0.25, -0.2) is 0 Å². The normalized spacial score (nSPS) is 12.4. The largest absolute Gasteiger partial charge is 0.271 e. The van der Waals surface area contributed by atoms with Crippen LogP contribution in [0.1, 0.15) is 0 Å². The highest BCUT2D eigenvalue weighted by Gasteiger charge is 2.02. The lowest BCUT2D eigenvalue weighted by Crippen LogP contribution is -2.35. The molecular formula is C10H13ClN2S. The SMILES string of the molecule is C=CC(CSc1cccc(Cl)c1)NN. The van der Waals surface area contributed by atoms with Crippen molar-refractivity contribution in [3.8, 4) is 0 Å². The van der Waals surface area contributed by atoms with Crippen molar-refractivity contribution >= 4 is 23.4 Å². The molecule has 0 aliphatic carbocycles. The Bertz CT molecular complexity index is 304. The van der Waals surface area contributed by atoms with E-state index in [0.717, 1.165) is 15.7 Å². The first-order valence-electron chi connectivity index (χ1n) is 4.23. The fourth-order valence-corrected chi connectivity index (χ4v) is 2.17. The van der Waals surface area contributed by atoms with Gasteiger partial charge in [0.05, 0.1) is 0 Å². The summed E-state index contributed by atoms with van der Waals surface area (Å²) in [6.07, 6.45) is 1.79. The van der Waals surface area contributed by atoms with Gasteiger partial charge in [-0.1, -0.05) is 23.7 Å². The van der Waals surface area contributed by atoms with Gasteiger partial charge in [-0.05, 0) is 18.2 Å². The molecule has 0 saturated carbocycles. The molecule has 0 aromatic heterocycles. The molecule has 1 aromatic carbocycles. The Labute approximate surface area is 93.5 Å². The van der Waals surface area contributed by atoms with Gasteiger partial charge < -0.3 is 0 Å². The average Bonchev–Trinajstić information content (AvgIpc) is 2.19. The van der Waals surface area contributed by atoms with Crippen LogP contribution in [0.3, 0.4) is 0 Å². The van der Waals surface area contributed by atoms with E-state index in [1.165, 1.54) is 0 Å². The van der Waals surface area contributed by atoms with E-state index >= 15 is 0 Å². The van der Waals surface area contributed by atoms with Crippen molar-refractivity contribution in [3.05, 3.63) is 41.9 Å². The number of rotatable bonds is 5. The highest BCUT2D eigenvalue weighted by molar-refractivity contribution is 7.99. The number of nitrogens with two attached hydrogens (primary N) is 1. The summed E-state index contributed by atoms with van der Waals surface area (Å²) in [4.78, 5) is 1.14. The summed E-state index contributed by atoms with van der Waals surface area (Å²) in [5, 5.41) is 0.755. The molecule has 0 heterocycles. The topological polar surface area (TPSA) is 38.0 Å². The van der Waals surface area contributed by atoms with Gasteiger partial charge in [0.2, 0.25) is 0 Å². The van der Waals surface area contributed by atoms with Crippen LogP contribution in [0.25, 0.3) is 0 Å². The fraction of sp³-hybridized carbons (Fsp3) is 0.200. The Balaban J connectivity index is 2.48. The van der Waals surface area contributed by atoms with Crippen LogP contribution in [0.2, 0.25) is 5.02 Å². The standard InChI is InChI=1S/C10H13ClN2S/c1-2-9(13-12)7-14-10-5-3-4-8(11)6-10/h2-6,9,13H,1,7,12H2. The molecule has 2 nitrogen and oxygen atoms in total. The summed E-state index contributed by atoms with van der Waals surface area (Å²) >= 11 is 7.55. The second kappa shape index (κ2) is 6.09. The lowest BCUT2D eigenvalue weighted by Gasteiger charge is -2.09. The summed E-state index contributed by atoms with van der Waals surface area (Å²) in [5.41, 5.74) is 2.66. The summed E-state index contributed by atoms with van der Waals surface area (Å²) in [7, 11) is 0. The molecule has 0 spiro atoms. The lowest BCUT2D eigenvalue weighted by atomic mass is 10.4. The Morgan fingerprint density at radius 2 is 2.43 bits per heavy atom. The van der Waals surface area contributed by atoms with E-state index in [4.69, 9.17) is 17.4 Å². The molecule has 1 atom stereocenters. The zero-order valence-corrected chi connectivity index (χ0v) is 9.31. The molecule has 3 N–H and O–H groups in total. The number of hydrogen-bond acceptors (Lipinski definition) is 3. The monoisotopic (exact) mass is 228 g/mol. The minimum absolute atomic E-state index is 0.124. The van der Waals surface area contributed by atoms with E-state index in [0.29, 0.717) is 0 Å². The summed E-state index contributed by atoms with van der Waals surface area (Å²) in [6.45, 7) is 3.68. The Morgan fingerprint density at radius 3 is 3.00 bits per heavy atom. The van der Waals surface area contributed by atoms with Crippen LogP contribution < -0.4 is 11.3 Å². The van der Waals surface area contributed by atoms with Gasteiger partial charge in [0.15, 0.2) is 0 Å². The molecule has 0 saturated heterocycles. The Hall–Kier alpha value is -0.480. The molecule has 0 bridgehead atoms. The maximum absolute atomic E-state index is 5.85. The lowest BCUT2D eigenvalue weighted by molar-refractivity contribution is 0.678. The van der Waals surface area contributed by atoms with Gasteiger partial charge in [-0.2, -0.15) is 0 Å². The van der Waals surface area contributed by atoms with Gasteiger partial charge in [0.1, 0.15) is 0 Å². The van der Waals surface area contributed by atoms with Crippen molar-refractivity contribution in [2.75, 3.05) is 5.75 Å². The summed E-state index contributed by atoms with van der Waals surface area (Å²) < 4.78 is 0. The molecule has 1 rings (SSSR count). The molecule has 1 unspecified atom stereocenters. The van der Waals surface area contributed by atoms with Gasteiger partial charge >= 0.3 is 0 Å². The third-order valence-corrected chi connectivity index (χ3v) is 3.07. The predicted octanol–water partition coefficient (Wildman–Crippen LogP) is 2.45. The van der Waals surface area contributed by atoms with Crippen molar-refractivity contribution in [2.24, 2.45) is 5.84 Å². The zero-order valence-electron chi connectivity index (χ0n) is 7.74. The predicted molar refractivity (Wildman–Crippen MR) is 63.5 cm³/mol. The smallest absolute Gasteiger partial charge is 0.0481 e. The molecule has 0 radical (unpaired) electrons. The van der Waals surface area contributed by atoms with E-state index in [1.54, 1.807) is 17.8 Å². The summed E-state index contributed by atoms with van der Waals surface area (Å²) in [6, 6.07) is 7.87. The zero-order chi connectivity index (χ0) is 10.4. The average molecular weight is 229 g/mol. The fourth-order valence-electron chi connectivity index (χ4n) is 0.927. The minimum Gasteiger partial charge on any atom is -0.271 e. The minimum atomic E-state index is 0.124. The van der Waals surface area contributed by atoms with Crippen LogP contribution in [0.15, 0.2) is 41.8 Å². The third-order valence-electron chi connectivity index (χ3n) is 1.72. The van der Waals surface area contributed by atoms with Gasteiger partial charge in [0.25, 0.3) is 0 Å². The number of benzene rings is 1. The van der Waals surface area contributed by atoms with Gasteiger partial charge in [0, 0.05) is 21.7 Å². The van der Waals surface area contributed by atoms with Crippen LogP contribution in [0, 0.1) is 0 Å². The van der Waals surface area contributed by atoms with Crippen molar-refractivity contribution in [3.63, 3.8) is 0 Å². The quantitative estimate of drug-likeness (QED) is 0.352. The maximum Gasteiger partial charge on any atom is 0.0481 e. The Morgan fingerprint density at radius 1 is 1.64 bits per heavy atom. The second-order valence-corrected chi connectivity index (χ2v) is 4.31. The van der Waals surface area contributed by atoms with E-state index in [9.17, 15) is 0 Å². The highest BCUT2D eigenvalue weighted by atomic mass is 35.5. The van der Waals surface area contributed by atoms with Crippen molar-refractivity contribution in [1.82, 2.24) is 5.43 Å². The molecule has 0 aliphatic heterocycles. The molecule has 0 aliphatic rings. The first-order chi connectivity index (χ1) is 6.76. The number of hydrazine groups is 1. The van der Waals surface area contributed by atoms with E-state index in [1.807, 2.05) is 24.3 Å². The molecule has 14 heavy (non-hydrogen) atoms. The first kappa shape index (κ1) is 11.6. The van der Waals surface area contributed by atoms with Crippen LogP contribution in [-0.4, -0.2) is 11.8 Å². The highest BCUT2D eigenvalue weighted by Crippen LogP contribution is 2.22. The van der Waals surface area contributed by atoms with Crippen molar-refractivity contribution < 1.29 is 0 Å². The van der Waals surface area contributed by atoms with E-state index in [-0.39, 0.29) is 6.04 Å². The molecular weight excluding hydrogens is 216 g/mol. The number of thioether (sulfide) groups is 1. The third kappa shape index (κ3) is 3.72.